The molecule has 2 rings (SSSR count). The molecule has 0 aromatic heterocycles. The Labute approximate surface area is 113 Å². The third-order valence-corrected chi connectivity index (χ3v) is 4.19. The van der Waals surface area contributed by atoms with Crippen LogP contribution in [-0.2, 0) is 5.41 Å². The first-order chi connectivity index (χ1) is 9.11. The quantitative estimate of drug-likeness (QED) is 0.879. The van der Waals surface area contributed by atoms with Crippen molar-refractivity contribution < 1.29 is 14.2 Å². The van der Waals surface area contributed by atoms with Gasteiger partial charge in [-0.25, -0.2) is 4.39 Å². The van der Waals surface area contributed by atoms with Gasteiger partial charge in [0.15, 0.2) is 11.6 Å². The lowest BCUT2D eigenvalue weighted by Crippen LogP contribution is -2.41. The second-order valence-electron chi connectivity index (χ2n) is 5.39. The van der Waals surface area contributed by atoms with E-state index < -0.39 is 0 Å². The van der Waals surface area contributed by atoms with Crippen LogP contribution in [0.4, 0.5) is 4.39 Å². The fourth-order valence-corrected chi connectivity index (χ4v) is 3.06. The number of hydrogen-bond acceptors (Lipinski definition) is 3. The molecule has 106 valence electrons. The Morgan fingerprint density at radius 2 is 2.11 bits per heavy atom. The number of nitrogens with one attached hydrogen (secondary N) is 1. The van der Waals surface area contributed by atoms with Crippen LogP contribution in [0.25, 0.3) is 0 Å². The first-order valence-corrected chi connectivity index (χ1v) is 6.78. The van der Waals surface area contributed by atoms with Crippen LogP contribution < -0.4 is 10.1 Å². The molecule has 0 unspecified atom stereocenters. The standard InChI is InChI=1S/C15H22FNO2/c1-17-10-15(7-5-12(18)6-8-15)11-3-4-14(19-2)13(16)9-11/h3-4,9,12,17-18H,5-8,10H2,1-2H3. The molecular formula is C15H22FNO2. The molecule has 1 aliphatic rings. The largest absolute Gasteiger partial charge is 0.494 e. The van der Waals surface area contributed by atoms with Gasteiger partial charge >= 0.3 is 0 Å². The van der Waals surface area contributed by atoms with Gasteiger partial charge in [-0.2, -0.15) is 0 Å². The minimum Gasteiger partial charge on any atom is -0.494 e. The Kier molecular flexibility index (Phi) is 4.42. The molecule has 0 saturated heterocycles. The van der Waals surface area contributed by atoms with Crippen LogP contribution in [-0.4, -0.2) is 31.9 Å². The van der Waals surface area contributed by atoms with Gasteiger partial charge < -0.3 is 15.2 Å². The van der Waals surface area contributed by atoms with Crippen LogP contribution >= 0.6 is 0 Å². The molecule has 1 saturated carbocycles. The third kappa shape index (κ3) is 2.90. The number of rotatable bonds is 4. The van der Waals surface area contributed by atoms with Gasteiger partial charge in [-0.15, -0.1) is 0 Å². The van der Waals surface area contributed by atoms with Gasteiger partial charge in [0.2, 0.25) is 0 Å². The fraction of sp³-hybridized carbons (Fsp3) is 0.600. The minimum absolute atomic E-state index is 0.0823. The third-order valence-electron chi connectivity index (χ3n) is 4.19. The molecule has 3 nitrogen and oxygen atoms in total. The van der Waals surface area contributed by atoms with Crippen LogP contribution in [0.5, 0.6) is 5.75 Å². The van der Waals surface area contributed by atoms with Crippen LogP contribution in [0.3, 0.4) is 0 Å². The summed E-state index contributed by atoms with van der Waals surface area (Å²) in [5, 5.41) is 12.9. The van der Waals surface area contributed by atoms with E-state index in [1.807, 2.05) is 13.1 Å². The van der Waals surface area contributed by atoms with Crippen LogP contribution in [0, 0.1) is 5.82 Å². The van der Waals surface area contributed by atoms with Crippen LogP contribution in [0.2, 0.25) is 0 Å². The van der Waals surface area contributed by atoms with E-state index in [9.17, 15) is 9.50 Å². The van der Waals surface area contributed by atoms with Gasteiger partial charge in [0, 0.05) is 12.0 Å². The van der Waals surface area contributed by atoms with E-state index >= 15 is 0 Å². The molecule has 2 N–H and O–H groups in total. The molecule has 0 bridgehead atoms. The Morgan fingerprint density at radius 3 is 2.63 bits per heavy atom. The van der Waals surface area contributed by atoms with Crippen LogP contribution in [0.1, 0.15) is 31.2 Å². The highest BCUT2D eigenvalue weighted by Crippen LogP contribution is 2.40. The zero-order valence-electron chi connectivity index (χ0n) is 11.6. The number of methoxy groups -OCH3 is 1. The highest BCUT2D eigenvalue weighted by atomic mass is 19.1. The highest BCUT2D eigenvalue weighted by molar-refractivity contribution is 5.34. The maximum Gasteiger partial charge on any atom is 0.165 e. The molecule has 0 atom stereocenters. The fourth-order valence-electron chi connectivity index (χ4n) is 3.06. The maximum absolute atomic E-state index is 13.9. The van der Waals surface area contributed by atoms with Crippen molar-refractivity contribution in [2.24, 2.45) is 0 Å². The molecule has 19 heavy (non-hydrogen) atoms. The zero-order chi connectivity index (χ0) is 13.9. The predicted octanol–water partition coefficient (Wildman–Crippen LogP) is 2.23. The summed E-state index contributed by atoms with van der Waals surface area (Å²) in [5.74, 6) is -0.0409. The first kappa shape index (κ1) is 14.3. The summed E-state index contributed by atoms with van der Waals surface area (Å²) < 4.78 is 18.9. The smallest absolute Gasteiger partial charge is 0.165 e. The van der Waals surface area contributed by atoms with Gasteiger partial charge in [-0.1, -0.05) is 6.07 Å². The van der Waals surface area contributed by atoms with Crippen molar-refractivity contribution in [1.82, 2.24) is 5.32 Å². The summed E-state index contributed by atoms with van der Waals surface area (Å²) >= 11 is 0. The summed E-state index contributed by atoms with van der Waals surface area (Å²) in [4.78, 5) is 0. The molecular weight excluding hydrogens is 245 g/mol. The second kappa shape index (κ2) is 5.88. The maximum atomic E-state index is 13.9. The molecule has 0 heterocycles. The van der Waals surface area contributed by atoms with Crippen molar-refractivity contribution in [1.29, 1.82) is 0 Å². The van der Waals surface area contributed by atoms with Crippen molar-refractivity contribution >= 4 is 0 Å². The molecule has 0 aliphatic heterocycles. The monoisotopic (exact) mass is 267 g/mol. The van der Waals surface area contributed by atoms with Gasteiger partial charge in [-0.3, -0.25) is 0 Å². The van der Waals surface area contributed by atoms with E-state index in [0.717, 1.165) is 37.8 Å². The van der Waals surface area contributed by atoms with Crippen molar-refractivity contribution in [3.8, 4) is 5.75 Å². The van der Waals surface area contributed by atoms with E-state index in [0.29, 0.717) is 0 Å². The van der Waals surface area contributed by atoms with Gasteiger partial charge in [0.05, 0.1) is 13.2 Å². The molecule has 0 spiro atoms. The number of aliphatic hydroxyl groups excluding tert-OH is 1. The number of benzene rings is 1. The SMILES string of the molecule is CNCC1(c2ccc(OC)c(F)c2)CCC(O)CC1. The molecule has 4 heteroatoms. The lowest BCUT2D eigenvalue weighted by Gasteiger charge is -2.39. The average molecular weight is 267 g/mol. The molecule has 1 aliphatic carbocycles. The molecule has 1 aromatic carbocycles. The van der Waals surface area contributed by atoms with Gasteiger partial charge in [-0.05, 0) is 50.4 Å². The highest BCUT2D eigenvalue weighted by Gasteiger charge is 2.36. The number of ether oxygens (including phenoxy) is 1. The zero-order valence-corrected chi connectivity index (χ0v) is 11.6. The molecule has 0 amide bonds. The topological polar surface area (TPSA) is 41.5 Å². The van der Waals surface area contributed by atoms with Crippen molar-refractivity contribution in [3.63, 3.8) is 0 Å². The van der Waals surface area contributed by atoms with E-state index in [1.54, 1.807) is 12.1 Å². The number of likely N-dealkylation sites (N-methyl/N-ethyl adjacent to an activating group) is 1. The summed E-state index contributed by atoms with van der Waals surface area (Å²) in [6.07, 6.45) is 3.08. The molecule has 1 fully saturated rings. The normalized spacial score (nSPS) is 27.3. The van der Waals surface area contributed by atoms with Crippen molar-refractivity contribution in [2.75, 3.05) is 20.7 Å². The lowest BCUT2D eigenvalue weighted by atomic mass is 9.68. The number of halogens is 1. The van der Waals surface area contributed by atoms with Crippen molar-refractivity contribution in [2.45, 2.75) is 37.2 Å². The summed E-state index contributed by atoms with van der Waals surface area (Å²) in [5.41, 5.74) is 0.910. The first-order valence-electron chi connectivity index (χ1n) is 6.78. The average Bonchev–Trinajstić information content (AvgIpc) is 2.42. The lowest BCUT2D eigenvalue weighted by molar-refractivity contribution is 0.0951. The Hall–Kier alpha value is -1.13. The van der Waals surface area contributed by atoms with E-state index in [4.69, 9.17) is 4.74 Å². The Balaban J connectivity index is 2.31. The number of hydrogen-bond donors (Lipinski definition) is 2. The summed E-state index contributed by atoms with van der Waals surface area (Å²) in [6.45, 7) is 0.797. The number of aliphatic hydroxyl groups is 1. The minimum atomic E-state index is -0.318. The molecule has 1 aromatic rings. The van der Waals surface area contributed by atoms with Crippen LogP contribution in [0.15, 0.2) is 18.2 Å². The second-order valence-corrected chi connectivity index (χ2v) is 5.39. The summed E-state index contributed by atoms with van der Waals surface area (Å²) in [7, 11) is 3.38. The Morgan fingerprint density at radius 1 is 1.42 bits per heavy atom. The van der Waals surface area contributed by atoms with E-state index in [1.165, 1.54) is 7.11 Å². The van der Waals surface area contributed by atoms with E-state index in [-0.39, 0.29) is 23.1 Å². The van der Waals surface area contributed by atoms with Crippen molar-refractivity contribution in [3.05, 3.63) is 29.6 Å². The van der Waals surface area contributed by atoms with E-state index in [2.05, 4.69) is 5.32 Å². The summed E-state index contributed by atoms with van der Waals surface area (Å²) in [6, 6.07) is 5.21. The predicted molar refractivity (Wildman–Crippen MR) is 73.0 cm³/mol. The van der Waals surface area contributed by atoms with Gasteiger partial charge in [0.25, 0.3) is 0 Å². The van der Waals surface area contributed by atoms with Gasteiger partial charge in [0.1, 0.15) is 0 Å². The molecule has 0 radical (unpaired) electrons. The Bertz CT molecular complexity index is 428.